The average molecular weight is 517 g/mol. The second-order valence-corrected chi connectivity index (χ2v) is 5.53. The van der Waals surface area contributed by atoms with Crippen LogP contribution in [-0.4, -0.2) is 54.3 Å². The Balaban J connectivity index is -0.000000180. The minimum Gasteiger partial charge on any atom is -0.396 e. The summed E-state index contributed by atoms with van der Waals surface area (Å²) in [6.07, 6.45) is 6.26. The molecule has 0 unspecified atom stereocenters. The Hall–Kier alpha value is -0.0261. The van der Waals surface area contributed by atoms with Crippen LogP contribution in [0.25, 0.3) is 0 Å². The van der Waals surface area contributed by atoms with E-state index in [2.05, 4.69) is 33.8 Å². The Morgan fingerprint density at radius 3 is 1.71 bits per heavy atom. The molecule has 5 heteroatoms. The van der Waals surface area contributed by atoms with Gasteiger partial charge >= 0.3 is 0 Å². The maximum Gasteiger partial charge on any atom is 0.128 e. The number of aliphatic hydroxyl groups excluding tert-OH is 1. The van der Waals surface area contributed by atoms with Crippen molar-refractivity contribution in [2.24, 2.45) is 0 Å². The topological polar surface area (TPSA) is 39.6 Å². The van der Waals surface area contributed by atoms with Gasteiger partial charge < -0.3 is 10.0 Å². The fourth-order valence-electron chi connectivity index (χ4n) is 2.62. The summed E-state index contributed by atoms with van der Waals surface area (Å²) in [6, 6.07) is 4.26. The Labute approximate surface area is 222 Å². The number of aromatic nitrogens is 1. The molecule has 1 N–H and O–H groups in total. The molecule has 0 bridgehead atoms. The summed E-state index contributed by atoms with van der Waals surface area (Å²) in [5.74, 6) is 1.09. The third-order valence-corrected chi connectivity index (χ3v) is 3.96. The first-order valence-electron chi connectivity index (χ1n) is 12.9. The van der Waals surface area contributed by atoms with Crippen LogP contribution in [-0.2, 0) is 39.1 Å². The van der Waals surface area contributed by atoms with Gasteiger partial charge in [-0.3, -0.25) is 4.90 Å². The van der Waals surface area contributed by atoms with Gasteiger partial charge in [0.05, 0.1) is 0 Å². The molecular weight excluding hydrogens is 459 g/mol. The second kappa shape index (κ2) is 37.3. The van der Waals surface area contributed by atoms with Gasteiger partial charge in [-0.2, -0.15) is 0 Å². The van der Waals surface area contributed by atoms with Gasteiger partial charge in [-0.1, -0.05) is 88.6 Å². The van der Waals surface area contributed by atoms with Crippen LogP contribution in [0.5, 0.6) is 0 Å². The number of anilines is 1. The van der Waals surface area contributed by atoms with Gasteiger partial charge in [0.2, 0.25) is 0 Å². The zero-order valence-corrected chi connectivity index (χ0v) is 26.0. The van der Waals surface area contributed by atoms with E-state index in [0.717, 1.165) is 44.8 Å². The Bertz CT molecular complexity index is 381. The summed E-state index contributed by atoms with van der Waals surface area (Å²) in [7, 11) is 0. The molecular formula is C26H57N3OY. The van der Waals surface area contributed by atoms with Gasteiger partial charge in [0, 0.05) is 71.7 Å². The molecule has 1 aliphatic rings. The summed E-state index contributed by atoms with van der Waals surface area (Å²) >= 11 is 0. The molecule has 31 heavy (non-hydrogen) atoms. The van der Waals surface area contributed by atoms with Crippen LogP contribution in [0.2, 0.25) is 0 Å². The third-order valence-electron chi connectivity index (χ3n) is 3.96. The molecule has 185 valence electrons. The summed E-state index contributed by atoms with van der Waals surface area (Å²) in [5, 5.41) is 8.84. The van der Waals surface area contributed by atoms with Crippen LogP contribution in [0.15, 0.2) is 18.3 Å². The van der Waals surface area contributed by atoms with Crippen molar-refractivity contribution >= 4 is 5.82 Å². The number of hydrogen-bond donors (Lipinski definition) is 1. The number of piperazine rings is 1. The normalized spacial score (nSPS) is 11.7. The van der Waals surface area contributed by atoms with E-state index >= 15 is 0 Å². The molecule has 1 aromatic rings. The van der Waals surface area contributed by atoms with Crippen LogP contribution in [0.4, 0.5) is 5.82 Å². The molecule has 0 aliphatic carbocycles. The second-order valence-electron chi connectivity index (χ2n) is 5.53. The van der Waals surface area contributed by atoms with E-state index in [0.29, 0.717) is 0 Å². The summed E-state index contributed by atoms with van der Waals surface area (Å²) < 4.78 is 0. The van der Waals surface area contributed by atoms with E-state index < -0.39 is 0 Å². The Kier molecular flexibility index (Phi) is 49.6. The number of unbranched alkanes of at least 4 members (excludes halogenated alkanes) is 1. The molecule has 0 atom stereocenters. The molecule has 0 amide bonds. The molecule has 1 radical (unpaired) electrons. The van der Waals surface area contributed by atoms with Crippen LogP contribution >= 0.6 is 0 Å². The standard InChI is InChI=1S/C16H27N3O.5C2H6.Y/c1-2-3-8-18-9-11-19(12-10-18)16-7-6-15(14-17-16)5-4-13-20;5*1-2;/h6-7,14,20H,2-5,8-13H2,1H3;5*1-2H3;. The zero-order valence-electron chi connectivity index (χ0n) is 23.2. The average Bonchev–Trinajstić information content (AvgIpc) is 2.88. The van der Waals surface area contributed by atoms with Gasteiger partial charge in [0.1, 0.15) is 5.82 Å². The smallest absolute Gasteiger partial charge is 0.128 e. The fourth-order valence-corrected chi connectivity index (χ4v) is 2.62. The van der Waals surface area contributed by atoms with E-state index in [-0.39, 0.29) is 39.3 Å². The van der Waals surface area contributed by atoms with E-state index in [1.54, 1.807) is 0 Å². The predicted octanol–water partition coefficient (Wildman–Crippen LogP) is 7.06. The maximum atomic E-state index is 8.84. The molecule has 0 saturated carbocycles. The largest absolute Gasteiger partial charge is 0.396 e. The molecule has 0 aromatic carbocycles. The van der Waals surface area contributed by atoms with E-state index in [1.165, 1.54) is 24.9 Å². The first kappa shape index (κ1) is 41.2. The van der Waals surface area contributed by atoms with Crippen molar-refractivity contribution in [2.75, 3.05) is 44.2 Å². The van der Waals surface area contributed by atoms with Gasteiger partial charge in [0.25, 0.3) is 0 Å². The van der Waals surface area contributed by atoms with Gasteiger partial charge in [-0.15, -0.1) is 0 Å². The number of aliphatic hydroxyl groups is 1. The minimum absolute atomic E-state index is 0. The van der Waals surface area contributed by atoms with E-state index in [1.807, 2.05) is 75.4 Å². The van der Waals surface area contributed by atoms with Crippen LogP contribution < -0.4 is 4.90 Å². The Morgan fingerprint density at radius 1 is 0.806 bits per heavy atom. The fraction of sp³-hybridized carbons (Fsp3) is 0.808. The van der Waals surface area contributed by atoms with Gasteiger partial charge in [-0.25, -0.2) is 4.98 Å². The predicted molar refractivity (Wildman–Crippen MR) is 140 cm³/mol. The van der Waals surface area contributed by atoms with E-state index in [9.17, 15) is 0 Å². The number of rotatable bonds is 7. The molecule has 2 rings (SSSR count). The van der Waals surface area contributed by atoms with Crippen LogP contribution in [0.3, 0.4) is 0 Å². The van der Waals surface area contributed by atoms with Crippen molar-refractivity contribution in [2.45, 2.75) is 102 Å². The molecule has 0 spiro atoms. The molecule has 4 nitrogen and oxygen atoms in total. The number of aryl methyl sites for hydroxylation is 1. The zero-order chi connectivity index (χ0) is 24.2. The summed E-state index contributed by atoms with van der Waals surface area (Å²) in [4.78, 5) is 9.49. The molecule has 1 aliphatic heterocycles. The van der Waals surface area contributed by atoms with Gasteiger partial charge in [0.15, 0.2) is 0 Å². The van der Waals surface area contributed by atoms with Crippen molar-refractivity contribution < 1.29 is 37.8 Å². The molecule has 1 aromatic heterocycles. The quantitative estimate of drug-likeness (QED) is 0.421. The van der Waals surface area contributed by atoms with Crippen molar-refractivity contribution in [1.29, 1.82) is 0 Å². The monoisotopic (exact) mass is 516 g/mol. The SMILES string of the molecule is CC.CC.CC.CC.CC.CCCCN1CCN(c2ccc(CCCO)cn2)CC1.[Y]. The van der Waals surface area contributed by atoms with Crippen LogP contribution in [0.1, 0.15) is 101 Å². The van der Waals surface area contributed by atoms with Gasteiger partial charge in [-0.05, 0) is 37.4 Å². The first-order valence-corrected chi connectivity index (χ1v) is 12.9. The van der Waals surface area contributed by atoms with Crippen molar-refractivity contribution in [3.63, 3.8) is 0 Å². The molecule has 1 saturated heterocycles. The third kappa shape index (κ3) is 22.9. The number of hydrogen-bond acceptors (Lipinski definition) is 4. The Morgan fingerprint density at radius 2 is 1.32 bits per heavy atom. The van der Waals surface area contributed by atoms with E-state index in [4.69, 9.17) is 5.11 Å². The first-order chi connectivity index (χ1) is 14.8. The molecule has 1 fully saturated rings. The van der Waals surface area contributed by atoms with Crippen LogP contribution in [0, 0.1) is 0 Å². The number of pyridine rings is 1. The van der Waals surface area contributed by atoms with Crippen molar-refractivity contribution in [1.82, 2.24) is 9.88 Å². The number of nitrogens with zero attached hydrogens (tertiary/aromatic N) is 3. The summed E-state index contributed by atoms with van der Waals surface area (Å²) in [5.41, 5.74) is 1.21. The minimum atomic E-state index is 0. The van der Waals surface area contributed by atoms with Crippen molar-refractivity contribution in [3.05, 3.63) is 23.9 Å². The summed E-state index contributed by atoms with van der Waals surface area (Å²) in [6.45, 7) is 28.2. The van der Waals surface area contributed by atoms with Crippen molar-refractivity contribution in [3.8, 4) is 0 Å². The maximum absolute atomic E-state index is 8.84. The molecule has 2 heterocycles.